The van der Waals surface area contributed by atoms with Crippen LogP contribution in [0.1, 0.15) is 10.4 Å². The zero-order chi connectivity index (χ0) is 16.2. The average molecular weight is 374 g/mol. The minimum Gasteiger partial charge on any atom is -0.497 e. The van der Waals surface area contributed by atoms with E-state index in [1.165, 1.54) is 0 Å². The molecule has 7 heteroatoms. The van der Waals surface area contributed by atoms with Crippen LogP contribution in [0.4, 0.5) is 6.01 Å². The van der Waals surface area contributed by atoms with Gasteiger partial charge in [0.15, 0.2) is 0 Å². The van der Waals surface area contributed by atoms with Crippen LogP contribution in [-0.2, 0) is 0 Å². The predicted octanol–water partition coefficient (Wildman–Crippen LogP) is 3.76. The number of benzene rings is 2. The maximum atomic E-state index is 12.2. The fourth-order valence-corrected chi connectivity index (χ4v) is 2.40. The molecule has 0 unspecified atom stereocenters. The Morgan fingerprint density at radius 3 is 2.57 bits per heavy atom. The summed E-state index contributed by atoms with van der Waals surface area (Å²) < 4.78 is 11.2. The van der Waals surface area contributed by atoms with Gasteiger partial charge in [-0.15, -0.1) is 5.10 Å². The summed E-state index contributed by atoms with van der Waals surface area (Å²) in [7, 11) is 1.59. The molecule has 6 nitrogen and oxygen atoms in total. The number of hydrogen-bond acceptors (Lipinski definition) is 5. The van der Waals surface area contributed by atoms with Gasteiger partial charge in [-0.2, -0.15) is 0 Å². The van der Waals surface area contributed by atoms with Crippen molar-refractivity contribution in [3.63, 3.8) is 0 Å². The second-order valence-corrected chi connectivity index (χ2v) is 5.43. The molecule has 0 atom stereocenters. The summed E-state index contributed by atoms with van der Waals surface area (Å²) in [5, 5.41) is 10.3. The molecule has 1 aromatic heterocycles. The van der Waals surface area contributed by atoms with E-state index in [0.29, 0.717) is 15.9 Å². The molecule has 0 aliphatic carbocycles. The molecule has 0 fully saturated rings. The van der Waals surface area contributed by atoms with Crippen molar-refractivity contribution in [3.8, 4) is 17.2 Å². The van der Waals surface area contributed by atoms with E-state index in [0.717, 1.165) is 11.3 Å². The highest BCUT2D eigenvalue weighted by atomic mass is 79.9. The molecule has 3 aromatic rings. The van der Waals surface area contributed by atoms with Crippen LogP contribution in [0.25, 0.3) is 11.5 Å². The molecule has 0 saturated carbocycles. The fraction of sp³-hybridized carbons (Fsp3) is 0.0625. The Labute approximate surface area is 140 Å². The summed E-state index contributed by atoms with van der Waals surface area (Å²) in [6, 6.07) is 14.3. The highest BCUT2D eigenvalue weighted by Crippen LogP contribution is 2.23. The van der Waals surface area contributed by atoms with Crippen LogP contribution in [0.15, 0.2) is 57.4 Å². The molecule has 0 aliphatic rings. The molecular formula is C16H12BrN3O3. The van der Waals surface area contributed by atoms with Crippen molar-refractivity contribution in [1.82, 2.24) is 10.2 Å². The third-order valence-electron chi connectivity index (χ3n) is 3.10. The van der Waals surface area contributed by atoms with E-state index in [1.807, 2.05) is 6.07 Å². The number of carbonyl (C=O) groups excluding carboxylic acids is 1. The lowest BCUT2D eigenvalue weighted by atomic mass is 10.2. The van der Waals surface area contributed by atoms with Gasteiger partial charge in [-0.1, -0.05) is 17.2 Å². The van der Waals surface area contributed by atoms with E-state index in [2.05, 4.69) is 31.4 Å². The number of anilines is 1. The molecule has 0 saturated heterocycles. The largest absolute Gasteiger partial charge is 0.497 e. The molecule has 1 N–H and O–H groups in total. The zero-order valence-electron chi connectivity index (χ0n) is 12.1. The summed E-state index contributed by atoms with van der Waals surface area (Å²) >= 11 is 3.33. The SMILES string of the molecule is COc1ccc(-c2nnc(NC(=O)c3ccccc3Br)o2)cc1. The molecule has 2 aromatic carbocycles. The van der Waals surface area contributed by atoms with Gasteiger partial charge in [-0.05, 0) is 52.3 Å². The summed E-state index contributed by atoms with van der Waals surface area (Å²) in [4.78, 5) is 12.2. The maximum absolute atomic E-state index is 12.2. The Balaban J connectivity index is 1.76. The van der Waals surface area contributed by atoms with E-state index in [1.54, 1.807) is 49.6 Å². The van der Waals surface area contributed by atoms with Gasteiger partial charge in [0.05, 0.1) is 12.7 Å². The van der Waals surface area contributed by atoms with Crippen molar-refractivity contribution >= 4 is 27.9 Å². The Bertz CT molecular complexity index is 831. The second kappa shape index (κ2) is 6.62. The number of aromatic nitrogens is 2. The number of nitrogens with zero attached hydrogens (tertiary/aromatic N) is 2. The lowest BCUT2D eigenvalue weighted by Gasteiger charge is -2.02. The van der Waals surface area contributed by atoms with Gasteiger partial charge in [-0.25, -0.2) is 0 Å². The summed E-state index contributed by atoms with van der Waals surface area (Å²) in [5.74, 6) is 0.716. The summed E-state index contributed by atoms with van der Waals surface area (Å²) in [6.45, 7) is 0. The first-order valence-corrected chi connectivity index (χ1v) is 7.50. The molecule has 0 radical (unpaired) electrons. The van der Waals surface area contributed by atoms with Gasteiger partial charge in [-0.3, -0.25) is 10.1 Å². The zero-order valence-corrected chi connectivity index (χ0v) is 13.7. The monoisotopic (exact) mass is 373 g/mol. The molecule has 116 valence electrons. The Morgan fingerprint density at radius 1 is 1.13 bits per heavy atom. The van der Waals surface area contributed by atoms with Gasteiger partial charge < -0.3 is 9.15 Å². The lowest BCUT2D eigenvalue weighted by Crippen LogP contribution is -2.12. The number of carbonyl (C=O) groups is 1. The van der Waals surface area contributed by atoms with Crippen molar-refractivity contribution < 1.29 is 13.9 Å². The number of rotatable bonds is 4. The smallest absolute Gasteiger partial charge is 0.322 e. The molecule has 0 bridgehead atoms. The molecule has 3 rings (SSSR count). The average Bonchev–Trinajstić information content (AvgIpc) is 3.03. The highest BCUT2D eigenvalue weighted by Gasteiger charge is 2.14. The predicted molar refractivity (Wildman–Crippen MR) is 88.4 cm³/mol. The van der Waals surface area contributed by atoms with Crippen molar-refractivity contribution in [3.05, 3.63) is 58.6 Å². The fourth-order valence-electron chi connectivity index (χ4n) is 1.93. The second-order valence-electron chi connectivity index (χ2n) is 4.57. The minimum atomic E-state index is -0.331. The molecule has 0 aliphatic heterocycles. The van der Waals surface area contributed by atoms with Gasteiger partial charge in [0, 0.05) is 10.0 Å². The first-order valence-electron chi connectivity index (χ1n) is 6.71. The normalized spacial score (nSPS) is 10.3. The van der Waals surface area contributed by atoms with Crippen molar-refractivity contribution in [2.75, 3.05) is 12.4 Å². The first-order chi connectivity index (χ1) is 11.2. The lowest BCUT2D eigenvalue weighted by molar-refractivity contribution is 0.102. The molecule has 23 heavy (non-hydrogen) atoms. The Morgan fingerprint density at radius 2 is 1.87 bits per heavy atom. The van der Waals surface area contributed by atoms with Crippen LogP contribution < -0.4 is 10.1 Å². The van der Waals surface area contributed by atoms with E-state index < -0.39 is 0 Å². The van der Waals surface area contributed by atoms with E-state index >= 15 is 0 Å². The van der Waals surface area contributed by atoms with Crippen LogP contribution in [0.5, 0.6) is 5.75 Å². The van der Waals surface area contributed by atoms with Crippen LogP contribution >= 0.6 is 15.9 Å². The van der Waals surface area contributed by atoms with Crippen LogP contribution in [-0.4, -0.2) is 23.2 Å². The summed E-state index contributed by atoms with van der Waals surface area (Å²) in [6.07, 6.45) is 0. The Hall–Kier alpha value is -2.67. The van der Waals surface area contributed by atoms with Crippen molar-refractivity contribution in [2.24, 2.45) is 0 Å². The number of ether oxygens (including phenoxy) is 1. The number of methoxy groups -OCH3 is 1. The topological polar surface area (TPSA) is 77.3 Å². The van der Waals surface area contributed by atoms with E-state index in [9.17, 15) is 4.79 Å². The van der Waals surface area contributed by atoms with Crippen LogP contribution in [0, 0.1) is 0 Å². The molecular weight excluding hydrogens is 362 g/mol. The van der Waals surface area contributed by atoms with Gasteiger partial charge in [0.2, 0.25) is 5.89 Å². The van der Waals surface area contributed by atoms with Gasteiger partial charge in [0.25, 0.3) is 5.91 Å². The number of hydrogen-bond donors (Lipinski definition) is 1. The minimum absolute atomic E-state index is 0.0385. The molecule has 0 spiro atoms. The maximum Gasteiger partial charge on any atom is 0.322 e. The van der Waals surface area contributed by atoms with Crippen molar-refractivity contribution in [2.45, 2.75) is 0 Å². The summed E-state index contributed by atoms with van der Waals surface area (Å²) in [5.41, 5.74) is 1.22. The van der Waals surface area contributed by atoms with Crippen LogP contribution in [0.3, 0.4) is 0 Å². The van der Waals surface area contributed by atoms with Gasteiger partial charge >= 0.3 is 6.01 Å². The van der Waals surface area contributed by atoms with Gasteiger partial charge in [0.1, 0.15) is 5.75 Å². The van der Waals surface area contributed by atoms with E-state index in [-0.39, 0.29) is 11.9 Å². The van der Waals surface area contributed by atoms with E-state index in [4.69, 9.17) is 9.15 Å². The quantitative estimate of drug-likeness (QED) is 0.753. The van der Waals surface area contributed by atoms with Crippen molar-refractivity contribution in [1.29, 1.82) is 0 Å². The number of amides is 1. The highest BCUT2D eigenvalue weighted by molar-refractivity contribution is 9.10. The van der Waals surface area contributed by atoms with Crippen LogP contribution in [0.2, 0.25) is 0 Å². The number of nitrogens with one attached hydrogen (secondary N) is 1. The number of halogens is 1. The first kappa shape index (κ1) is 15.2. The Kier molecular flexibility index (Phi) is 4.38. The third-order valence-corrected chi connectivity index (χ3v) is 3.79. The standard InChI is InChI=1S/C16H12BrN3O3/c1-22-11-8-6-10(7-9-11)15-19-20-16(23-15)18-14(21)12-4-2-3-5-13(12)17/h2-9H,1H3,(H,18,20,21). The third kappa shape index (κ3) is 3.40. The molecule has 1 heterocycles. The molecule has 1 amide bonds.